The number of aliphatic carboxylic acids is 1. The van der Waals surface area contributed by atoms with Crippen LogP contribution in [0.3, 0.4) is 0 Å². The van der Waals surface area contributed by atoms with E-state index in [2.05, 4.69) is 4.90 Å². The second-order valence-corrected chi connectivity index (χ2v) is 5.31. The molecule has 0 saturated carbocycles. The Bertz CT molecular complexity index is 494. The summed E-state index contributed by atoms with van der Waals surface area (Å²) in [6, 6.07) is 4.90. The third-order valence-corrected chi connectivity index (χ3v) is 3.94. The van der Waals surface area contributed by atoms with E-state index in [1.54, 1.807) is 18.2 Å². The van der Waals surface area contributed by atoms with E-state index in [4.69, 9.17) is 16.3 Å². The molecule has 2 N–H and O–H groups in total. The highest BCUT2D eigenvalue weighted by atomic mass is 35.5. The van der Waals surface area contributed by atoms with Gasteiger partial charge in [0.15, 0.2) is 0 Å². The monoisotopic (exact) mass is 299 g/mol. The van der Waals surface area contributed by atoms with Crippen molar-refractivity contribution in [2.24, 2.45) is 5.92 Å². The normalized spacial score (nSPS) is 22.4. The molecule has 1 aromatic rings. The first-order chi connectivity index (χ1) is 9.52. The van der Waals surface area contributed by atoms with Crippen LogP contribution in [0.1, 0.15) is 12.5 Å². The van der Waals surface area contributed by atoms with Crippen molar-refractivity contribution in [1.29, 1.82) is 0 Å². The fourth-order valence-corrected chi connectivity index (χ4v) is 2.69. The second kappa shape index (κ2) is 6.43. The molecule has 2 atom stereocenters. The highest BCUT2D eigenvalue weighted by Gasteiger charge is 2.37. The van der Waals surface area contributed by atoms with Crippen molar-refractivity contribution in [3.05, 3.63) is 28.8 Å². The third kappa shape index (κ3) is 3.23. The van der Waals surface area contributed by atoms with Gasteiger partial charge in [0.05, 0.1) is 24.2 Å². The molecule has 1 fully saturated rings. The molecule has 1 heterocycles. The average Bonchev–Trinajstić information content (AvgIpc) is 2.89. The number of benzene rings is 1. The van der Waals surface area contributed by atoms with Gasteiger partial charge in [-0.3, -0.25) is 9.69 Å². The first kappa shape index (κ1) is 15.1. The Morgan fingerprint density at radius 1 is 1.50 bits per heavy atom. The maximum atomic E-state index is 11.2. The summed E-state index contributed by atoms with van der Waals surface area (Å²) in [7, 11) is 0. The van der Waals surface area contributed by atoms with Crippen LogP contribution in [-0.4, -0.2) is 46.9 Å². The molecule has 0 bridgehead atoms. The minimum absolute atomic E-state index is 0.0473. The van der Waals surface area contributed by atoms with Crippen LogP contribution in [0.5, 0.6) is 5.75 Å². The van der Waals surface area contributed by atoms with Crippen LogP contribution in [0.2, 0.25) is 5.02 Å². The molecule has 0 amide bonds. The van der Waals surface area contributed by atoms with Gasteiger partial charge >= 0.3 is 5.97 Å². The van der Waals surface area contributed by atoms with Crippen molar-refractivity contribution >= 4 is 17.6 Å². The number of aromatic hydroxyl groups is 1. The molecular weight excluding hydrogens is 282 g/mol. The fraction of sp³-hybridized carbons (Fsp3) is 0.500. The molecule has 2 unspecified atom stereocenters. The zero-order valence-corrected chi connectivity index (χ0v) is 12.0. The van der Waals surface area contributed by atoms with Crippen LogP contribution in [0.4, 0.5) is 0 Å². The maximum Gasteiger partial charge on any atom is 0.310 e. The molecule has 0 spiro atoms. The van der Waals surface area contributed by atoms with Gasteiger partial charge in [-0.25, -0.2) is 0 Å². The quantitative estimate of drug-likeness (QED) is 0.870. The second-order valence-electron chi connectivity index (χ2n) is 4.90. The maximum absolute atomic E-state index is 11.2. The summed E-state index contributed by atoms with van der Waals surface area (Å²) in [6.07, 6.45) is 0. The molecule has 20 heavy (non-hydrogen) atoms. The summed E-state index contributed by atoms with van der Waals surface area (Å²) in [4.78, 5) is 13.3. The van der Waals surface area contributed by atoms with Crippen LogP contribution in [0, 0.1) is 5.92 Å². The highest BCUT2D eigenvalue weighted by molar-refractivity contribution is 6.32. The third-order valence-electron chi connectivity index (χ3n) is 3.64. The lowest BCUT2D eigenvalue weighted by Crippen LogP contribution is -2.42. The number of carbonyl (C=O) groups is 1. The lowest BCUT2D eigenvalue weighted by Gasteiger charge is -2.29. The molecule has 1 aromatic carbocycles. The number of phenolic OH excluding ortho intramolecular Hbond substituents is 1. The Kier molecular flexibility index (Phi) is 4.86. The van der Waals surface area contributed by atoms with Gasteiger partial charge in [-0.1, -0.05) is 24.6 Å². The first-order valence-corrected chi connectivity index (χ1v) is 6.92. The lowest BCUT2D eigenvalue weighted by molar-refractivity contribution is -0.143. The fourth-order valence-electron chi connectivity index (χ4n) is 2.49. The van der Waals surface area contributed by atoms with E-state index in [1.165, 1.54) is 0 Å². The van der Waals surface area contributed by atoms with Crippen molar-refractivity contribution in [2.45, 2.75) is 19.5 Å². The molecule has 0 radical (unpaired) electrons. The number of halogens is 1. The number of hydrogen-bond acceptors (Lipinski definition) is 4. The summed E-state index contributed by atoms with van der Waals surface area (Å²) in [5.41, 5.74) is 0.936. The lowest BCUT2D eigenvalue weighted by atomic mass is 10.0. The summed E-state index contributed by atoms with van der Waals surface area (Å²) in [6.45, 7) is 3.97. The Morgan fingerprint density at radius 3 is 2.85 bits per heavy atom. The Balaban J connectivity index is 2.12. The average molecular weight is 300 g/mol. The number of phenols is 1. The van der Waals surface area contributed by atoms with Crippen LogP contribution in [-0.2, 0) is 16.1 Å². The number of likely N-dealkylation sites (N-methyl/N-ethyl adjacent to an activating group) is 1. The van der Waals surface area contributed by atoms with Crippen LogP contribution >= 0.6 is 11.6 Å². The van der Waals surface area contributed by atoms with Gasteiger partial charge in [0.2, 0.25) is 0 Å². The molecule has 2 rings (SSSR count). The summed E-state index contributed by atoms with van der Waals surface area (Å²) >= 11 is 5.89. The van der Waals surface area contributed by atoms with E-state index < -0.39 is 11.9 Å². The topological polar surface area (TPSA) is 70.0 Å². The number of nitrogens with zero attached hydrogens (tertiary/aromatic N) is 1. The van der Waals surface area contributed by atoms with E-state index in [1.807, 2.05) is 6.92 Å². The molecule has 110 valence electrons. The Morgan fingerprint density at radius 2 is 2.25 bits per heavy atom. The molecule has 0 aliphatic carbocycles. The summed E-state index contributed by atoms with van der Waals surface area (Å²) < 4.78 is 5.31. The minimum Gasteiger partial charge on any atom is -0.506 e. The highest BCUT2D eigenvalue weighted by Crippen LogP contribution is 2.26. The smallest absolute Gasteiger partial charge is 0.310 e. The SMILES string of the molecule is CCN(Cc1ccc(O)c(Cl)c1)C1COCC1C(=O)O. The van der Waals surface area contributed by atoms with Gasteiger partial charge in [0.25, 0.3) is 0 Å². The van der Waals surface area contributed by atoms with Gasteiger partial charge in [-0.2, -0.15) is 0 Å². The molecule has 1 aliphatic heterocycles. The van der Waals surface area contributed by atoms with Crippen molar-refractivity contribution in [2.75, 3.05) is 19.8 Å². The van der Waals surface area contributed by atoms with Gasteiger partial charge in [-0.05, 0) is 24.2 Å². The molecule has 1 saturated heterocycles. The van der Waals surface area contributed by atoms with E-state index in [0.717, 1.165) is 12.1 Å². The molecular formula is C14H18ClNO4. The van der Waals surface area contributed by atoms with E-state index >= 15 is 0 Å². The van der Waals surface area contributed by atoms with Gasteiger partial charge in [-0.15, -0.1) is 0 Å². The largest absolute Gasteiger partial charge is 0.506 e. The molecule has 6 heteroatoms. The summed E-state index contributed by atoms with van der Waals surface area (Å²) in [5.74, 6) is -1.27. The number of ether oxygens (including phenoxy) is 1. The van der Waals surface area contributed by atoms with Crippen LogP contribution < -0.4 is 0 Å². The Labute approximate surface area is 122 Å². The molecule has 0 aromatic heterocycles. The Hall–Kier alpha value is -1.30. The zero-order chi connectivity index (χ0) is 14.7. The van der Waals surface area contributed by atoms with Gasteiger partial charge < -0.3 is 14.9 Å². The predicted molar refractivity (Wildman–Crippen MR) is 74.9 cm³/mol. The first-order valence-electron chi connectivity index (χ1n) is 6.55. The van der Waals surface area contributed by atoms with E-state index in [9.17, 15) is 15.0 Å². The van der Waals surface area contributed by atoms with E-state index in [0.29, 0.717) is 18.2 Å². The van der Waals surface area contributed by atoms with Crippen LogP contribution in [0.25, 0.3) is 0 Å². The zero-order valence-electron chi connectivity index (χ0n) is 11.3. The van der Waals surface area contributed by atoms with Crippen molar-refractivity contribution < 1.29 is 19.7 Å². The molecule has 5 nitrogen and oxygen atoms in total. The predicted octanol–water partition coefficient (Wildman–Crippen LogP) is 1.97. The van der Waals surface area contributed by atoms with Crippen LogP contribution in [0.15, 0.2) is 18.2 Å². The standard InChI is InChI=1S/C14H18ClNO4/c1-2-16(12-8-20-7-10(12)14(18)19)6-9-3-4-13(17)11(15)5-9/h3-5,10,12,17H,2,6-8H2,1H3,(H,18,19). The van der Waals surface area contributed by atoms with E-state index in [-0.39, 0.29) is 18.4 Å². The van der Waals surface area contributed by atoms with Crippen molar-refractivity contribution in [3.8, 4) is 5.75 Å². The minimum atomic E-state index is -0.824. The van der Waals surface area contributed by atoms with Gasteiger partial charge in [0.1, 0.15) is 5.75 Å². The van der Waals surface area contributed by atoms with Crippen molar-refractivity contribution in [1.82, 2.24) is 4.90 Å². The van der Waals surface area contributed by atoms with Gasteiger partial charge in [0, 0.05) is 12.6 Å². The number of carboxylic acid groups (broad SMARTS) is 1. The van der Waals surface area contributed by atoms with Crippen molar-refractivity contribution in [3.63, 3.8) is 0 Å². The number of carboxylic acids is 1. The number of rotatable bonds is 5. The summed E-state index contributed by atoms with van der Waals surface area (Å²) in [5, 5.41) is 18.9. The number of hydrogen-bond donors (Lipinski definition) is 2. The molecule has 1 aliphatic rings.